The minimum absolute atomic E-state index is 0.280. The van der Waals surface area contributed by atoms with Gasteiger partial charge in [0, 0.05) is 0 Å². The molecule has 0 aliphatic rings. The first-order chi connectivity index (χ1) is 6.40. The Morgan fingerprint density at radius 3 is 2.50 bits per heavy atom. The Morgan fingerprint density at radius 1 is 1.50 bits per heavy atom. The topological polar surface area (TPSA) is 66.8 Å². The average molecular weight is 200 g/mol. The van der Waals surface area contributed by atoms with Gasteiger partial charge < -0.3 is 14.8 Å². The number of rotatable bonds is 5. The van der Waals surface area contributed by atoms with Gasteiger partial charge in [-0.3, -0.25) is 4.79 Å². The van der Waals surface area contributed by atoms with Crippen molar-refractivity contribution in [2.75, 3.05) is 6.61 Å². The van der Waals surface area contributed by atoms with Crippen LogP contribution in [0.2, 0.25) is 0 Å². The van der Waals surface area contributed by atoms with Gasteiger partial charge in [0.1, 0.15) is 0 Å². The van der Waals surface area contributed by atoms with Crippen molar-refractivity contribution in [3.8, 4) is 0 Å². The SMILES string of the molecule is CCOC(=O)C(C)(C)C/C=C/B(O)O. The molecule has 0 rings (SSSR count). The molecule has 0 amide bonds. The molecule has 0 aliphatic heterocycles. The number of allylic oxidation sites excluding steroid dienone is 1. The third-order valence-electron chi connectivity index (χ3n) is 1.76. The summed E-state index contributed by atoms with van der Waals surface area (Å²) in [5, 5.41) is 17.1. The molecular weight excluding hydrogens is 183 g/mol. The number of carbonyl (C=O) groups is 1. The molecule has 0 spiro atoms. The number of hydrogen-bond donors (Lipinski definition) is 2. The predicted molar refractivity (Wildman–Crippen MR) is 54.4 cm³/mol. The van der Waals surface area contributed by atoms with E-state index in [1.807, 2.05) is 0 Å². The summed E-state index contributed by atoms with van der Waals surface area (Å²) in [4.78, 5) is 11.4. The molecule has 0 saturated carbocycles. The van der Waals surface area contributed by atoms with E-state index in [1.54, 1.807) is 26.8 Å². The summed E-state index contributed by atoms with van der Waals surface area (Å²) < 4.78 is 4.87. The van der Waals surface area contributed by atoms with E-state index in [0.717, 1.165) is 0 Å². The fraction of sp³-hybridized carbons (Fsp3) is 0.667. The first-order valence-corrected chi connectivity index (χ1v) is 4.60. The van der Waals surface area contributed by atoms with Crippen LogP contribution in [0, 0.1) is 5.41 Å². The second kappa shape index (κ2) is 5.83. The van der Waals surface area contributed by atoms with Crippen LogP contribution in [0.15, 0.2) is 12.1 Å². The molecule has 5 heteroatoms. The first-order valence-electron chi connectivity index (χ1n) is 4.60. The largest absolute Gasteiger partial charge is 0.480 e. The van der Waals surface area contributed by atoms with Gasteiger partial charge in [0.05, 0.1) is 12.0 Å². The van der Waals surface area contributed by atoms with Crippen molar-refractivity contribution in [3.05, 3.63) is 12.1 Å². The molecule has 0 bridgehead atoms. The first kappa shape index (κ1) is 13.2. The normalized spacial score (nSPS) is 11.8. The van der Waals surface area contributed by atoms with Gasteiger partial charge in [0.2, 0.25) is 0 Å². The highest BCUT2D eigenvalue weighted by Gasteiger charge is 2.27. The molecule has 0 atom stereocenters. The molecule has 2 N–H and O–H groups in total. The van der Waals surface area contributed by atoms with Crippen LogP contribution in [0.3, 0.4) is 0 Å². The highest BCUT2D eigenvalue weighted by molar-refractivity contribution is 6.47. The lowest BCUT2D eigenvalue weighted by atomic mass is 9.85. The highest BCUT2D eigenvalue weighted by atomic mass is 16.5. The predicted octanol–water partition coefficient (Wildman–Crippen LogP) is 0.534. The third kappa shape index (κ3) is 5.04. The van der Waals surface area contributed by atoms with E-state index in [1.165, 1.54) is 5.98 Å². The zero-order valence-corrected chi connectivity index (χ0v) is 8.86. The molecule has 0 aromatic carbocycles. The van der Waals surface area contributed by atoms with E-state index in [2.05, 4.69) is 0 Å². The maximum atomic E-state index is 11.4. The van der Waals surface area contributed by atoms with Crippen LogP contribution in [0.1, 0.15) is 27.2 Å². The van der Waals surface area contributed by atoms with E-state index in [0.29, 0.717) is 13.0 Å². The second-order valence-electron chi connectivity index (χ2n) is 3.65. The minimum Gasteiger partial charge on any atom is -0.466 e. The molecule has 0 aromatic heterocycles. The lowest BCUT2D eigenvalue weighted by molar-refractivity contribution is -0.153. The van der Waals surface area contributed by atoms with Crippen LogP contribution in [0.25, 0.3) is 0 Å². The third-order valence-corrected chi connectivity index (χ3v) is 1.76. The summed E-state index contributed by atoms with van der Waals surface area (Å²) in [7, 11) is -1.46. The maximum absolute atomic E-state index is 11.4. The van der Waals surface area contributed by atoms with Crippen LogP contribution >= 0.6 is 0 Å². The lowest BCUT2D eigenvalue weighted by Crippen LogP contribution is -2.26. The van der Waals surface area contributed by atoms with Crippen LogP contribution in [0.5, 0.6) is 0 Å². The highest BCUT2D eigenvalue weighted by Crippen LogP contribution is 2.22. The van der Waals surface area contributed by atoms with E-state index in [-0.39, 0.29) is 5.97 Å². The molecule has 0 aromatic rings. The Labute approximate surface area is 84.7 Å². The average Bonchev–Trinajstić information content (AvgIpc) is 2.03. The molecule has 0 fully saturated rings. The quantitative estimate of drug-likeness (QED) is 0.501. The van der Waals surface area contributed by atoms with Gasteiger partial charge in [-0.15, -0.1) is 0 Å². The number of carbonyl (C=O) groups excluding carboxylic acids is 1. The summed E-state index contributed by atoms with van der Waals surface area (Å²) >= 11 is 0. The van der Waals surface area contributed by atoms with Crippen molar-refractivity contribution in [1.29, 1.82) is 0 Å². The summed E-state index contributed by atoms with van der Waals surface area (Å²) in [6, 6.07) is 0. The summed E-state index contributed by atoms with van der Waals surface area (Å²) in [5.74, 6) is 0.943. The molecule has 0 aliphatic carbocycles. The van der Waals surface area contributed by atoms with Gasteiger partial charge in [0.25, 0.3) is 0 Å². The van der Waals surface area contributed by atoms with E-state index in [4.69, 9.17) is 14.8 Å². The maximum Gasteiger partial charge on any atom is 0.480 e. The van der Waals surface area contributed by atoms with Gasteiger partial charge in [-0.1, -0.05) is 12.1 Å². The monoisotopic (exact) mass is 200 g/mol. The van der Waals surface area contributed by atoms with Crippen molar-refractivity contribution in [3.63, 3.8) is 0 Å². The molecule has 0 saturated heterocycles. The van der Waals surface area contributed by atoms with Crippen molar-refractivity contribution >= 4 is 13.1 Å². The van der Waals surface area contributed by atoms with E-state index < -0.39 is 12.5 Å². The molecule has 0 radical (unpaired) electrons. The number of ether oxygens (including phenoxy) is 1. The van der Waals surface area contributed by atoms with Crippen LogP contribution in [-0.2, 0) is 9.53 Å². The number of esters is 1. The molecule has 4 nitrogen and oxygen atoms in total. The molecule has 80 valence electrons. The Bertz CT molecular complexity index is 211. The zero-order valence-electron chi connectivity index (χ0n) is 8.86. The van der Waals surface area contributed by atoms with E-state index >= 15 is 0 Å². The van der Waals surface area contributed by atoms with Gasteiger partial charge in [-0.2, -0.15) is 0 Å². The Kier molecular flexibility index (Phi) is 5.49. The Morgan fingerprint density at radius 2 is 2.07 bits per heavy atom. The zero-order chi connectivity index (χ0) is 11.2. The van der Waals surface area contributed by atoms with Gasteiger partial charge in [0.15, 0.2) is 0 Å². The number of hydrogen-bond acceptors (Lipinski definition) is 4. The molecule has 0 heterocycles. The van der Waals surface area contributed by atoms with Gasteiger partial charge in [-0.25, -0.2) is 0 Å². The van der Waals surface area contributed by atoms with Crippen molar-refractivity contribution < 1.29 is 19.6 Å². The summed E-state index contributed by atoms with van der Waals surface area (Å²) in [6.07, 6.45) is 1.98. The fourth-order valence-electron chi connectivity index (χ4n) is 0.894. The van der Waals surface area contributed by atoms with Gasteiger partial charge >= 0.3 is 13.1 Å². The molecule has 0 unspecified atom stereocenters. The van der Waals surface area contributed by atoms with Crippen LogP contribution in [-0.4, -0.2) is 29.7 Å². The fourth-order valence-corrected chi connectivity index (χ4v) is 0.894. The molecule has 14 heavy (non-hydrogen) atoms. The van der Waals surface area contributed by atoms with Gasteiger partial charge in [-0.05, 0) is 27.2 Å². The molecular formula is C9H17BO4. The Hall–Kier alpha value is -0.805. The van der Waals surface area contributed by atoms with Crippen LogP contribution < -0.4 is 0 Å². The van der Waals surface area contributed by atoms with Crippen molar-refractivity contribution in [1.82, 2.24) is 0 Å². The Balaban J connectivity index is 4.12. The van der Waals surface area contributed by atoms with E-state index in [9.17, 15) is 4.79 Å². The van der Waals surface area contributed by atoms with Crippen LogP contribution in [0.4, 0.5) is 0 Å². The summed E-state index contributed by atoms with van der Waals surface area (Å²) in [6.45, 7) is 5.61. The smallest absolute Gasteiger partial charge is 0.466 e. The van der Waals surface area contributed by atoms with Crippen molar-refractivity contribution in [2.24, 2.45) is 5.41 Å². The van der Waals surface area contributed by atoms with Crippen molar-refractivity contribution in [2.45, 2.75) is 27.2 Å². The standard InChI is InChI=1S/C9H17BO4/c1-4-14-8(11)9(2,3)6-5-7-10(12)13/h5,7,12-13H,4,6H2,1-3H3/b7-5+. The lowest BCUT2D eigenvalue weighted by Gasteiger charge is -2.20. The summed E-state index contributed by atoms with van der Waals surface area (Å²) in [5.41, 5.74) is -0.624. The second-order valence-corrected chi connectivity index (χ2v) is 3.65. The minimum atomic E-state index is -1.46.